The van der Waals surface area contributed by atoms with Crippen molar-refractivity contribution in [3.05, 3.63) is 71.5 Å². The molecule has 0 aliphatic carbocycles. The minimum atomic E-state index is -3.68. The summed E-state index contributed by atoms with van der Waals surface area (Å²) in [5.41, 5.74) is -0.539. The van der Waals surface area contributed by atoms with Crippen LogP contribution in [0.15, 0.2) is 59.6 Å². The van der Waals surface area contributed by atoms with Crippen molar-refractivity contribution in [1.82, 2.24) is 4.72 Å². The van der Waals surface area contributed by atoms with Crippen LogP contribution in [0.1, 0.15) is 24.1 Å². The topological polar surface area (TPSA) is 84.8 Å². The maximum absolute atomic E-state index is 13.3. The monoisotopic (exact) mass is 376 g/mol. The van der Waals surface area contributed by atoms with Crippen LogP contribution in [0.4, 0.5) is 4.39 Å². The minimum absolute atomic E-state index is 0.112. The number of nitrogens with one attached hydrogen (secondary N) is 1. The standard InChI is InChI=1S/C18H17FN2O4S/c1-18(17(22)25-16(20-18)13-6-4-3-5-7-13)15(21-26(2,23)24)12-8-10-14(19)11-9-12/h3-11,15,21H,1-2H3/t15-,18-/m1/s1. The molecule has 1 heterocycles. The molecule has 6 nitrogen and oxygen atoms in total. The second-order valence-electron chi connectivity index (χ2n) is 6.19. The molecule has 0 unspecified atom stereocenters. The molecule has 2 atom stereocenters. The largest absolute Gasteiger partial charge is 0.405 e. The summed E-state index contributed by atoms with van der Waals surface area (Å²) in [4.78, 5) is 17.0. The Morgan fingerprint density at radius 3 is 2.31 bits per heavy atom. The average molecular weight is 376 g/mol. The zero-order valence-corrected chi connectivity index (χ0v) is 15.0. The van der Waals surface area contributed by atoms with Gasteiger partial charge in [0.25, 0.3) is 0 Å². The van der Waals surface area contributed by atoms with Crippen LogP contribution in [0, 0.1) is 5.82 Å². The summed E-state index contributed by atoms with van der Waals surface area (Å²) in [6.07, 6.45) is 0.981. The van der Waals surface area contributed by atoms with Crippen LogP contribution >= 0.6 is 0 Å². The molecular weight excluding hydrogens is 359 g/mol. The van der Waals surface area contributed by atoms with Crippen molar-refractivity contribution in [2.45, 2.75) is 18.5 Å². The predicted molar refractivity (Wildman–Crippen MR) is 94.6 cm³/mol. The van der Waals surface area contributed by atoms with Gasteiger partial charge in [0.15, 0.2) is 5.54 Å². The van der Waals surface area contributed by atoms with Crippen molar-refractivity contribution >= 4 is 21.9 Å². The number of ether oxygens (including phenoxy) is 1. The molecule has 0 saturated carbocycles. The van der Waals surface area contributed by atoms with Crippen molar-refractivity contribution in [1.29, 1.82) is 0 Å². The molecule has 3 rings (SSSR count). The number of rotatable bonds is 5. The first-order valence-corrected chi connectivity index (χ1v) is 9.68. The number of carbonyl (C=O) groups is 1. The number of nitrogens with zero attached hydrogens (tertiary/aromatic N) is 1. The number of cyclic esters (lactones) is 1. The highest BCUT2D eigenvalue weighted by molar-refractivity contribution is 7.88. The van der Waals surface area contributed by atoms with Gasteiger partial charge in [0.05, 0.1) is 12.3 Å². The number of hydrogen-bond donors (Lipinski definition) is 1. The summed E-state index contributed by atoms with van der Waals surface area (Å²) in [6.45, 7) is 1.48. The zero-order valence-electron chi connectivity index (χ0n) is 14.1. The third kappa shape index (κ3) is 3.66. The van der Waals surface area contributed by atoms with E-state index in [4.69, 9.17) is 4.74 Å². The Morgan fingerprint density at radius 2 is 1.73 bits per heavy atom. The van der Waals surface area contributed by atoms with E-state index < -0.39 is 33.4 Å². The summed E-state index contributed by atoms with van der Waals surface area (Å²) < 4.78 is 44.7. The van der Waals surface area contributed by atoms with Gasteiger partial charge in [0, 0.05) is 5.56 Å². The van der Waals surface area contributed by atoms with Crippen LogP contribution in [0.3, 0.4) is 0 Å². The number of esters is 1. The molecule has 0 amide bonds. The maximum atomic E-state index is 13.3. The molecule has 1 N–H and O–H groups in total. The molecule has 26 heavy (non-hydrogen) atoms. The smallest absolute Gasteiger partial charge is 0.342 e. The van der Waals surface area contributed by atoms with E-state index in [0.29, 0.717) is 11.1 Å². The van der Waals surface area contributed by atoms with Gasteiger partial charge in [-0.15, -0.1) is 0 Å². The second-order valence-corrected chi connectivity index (χ2v) is 7.97. The highest BCUT2D eigenvalue weighted by Gasteiger charge is 2.50. The Kier molecular flexibility index (Phi) is 4.64. The Morgan fingerprint density at radius 1 is 1.12 bits per heavy atom. The third-order valence-electron chi connectivity index (χ3n) is 4.05. The predicted octanol–water partition coefficient (Wildman–Crippen LogP) is 2.18. The Bertz CT molecular complexity index is 958. The van der Waals surface area contributed by atoms with Crippen molar-refractivity contribution in [3.8, 4) is 0 Å². The first-order valence-electron chi connectivity index (χ1n) is 7.79. The average Bonchev–Trinajstić information content (AvgIpc) is 2.90. The number of sulfonamides is 1. The van der Waals surface area contributed by atoms with Gasteiger partial charge >= 0.3 is 5.97 Å². The third-order valence-corrected chi connectivity index (χ3v) is 4.72. The van der Waals surface area contributed by atoms with Crippen molar-refractivity contribution in [2.75, 3.05) is 6.26 Å². The lowest BCUT2D eigenvalue weighted by molar-refractivity contribution is -0.139. The van der Waals surface area contributed by atoms with Crippen LogP contribution in [0.5, 0.6) is 0 Å². The molecule has 2 aromatic rings. The summed E-state index contributed by atoms with van der Waals surface area (Å²) in [7, 11) is -3.68. The van der Waals surface area contributed by atoms with E-state index in [1.165, 1.54) is 31.2 Å². The summed E-state index contributed by atoms with van der Waals surface area (Å²) >= 11 is 0. The molecule has 8 heteroatoms. The lowest BCUT2D eigenvalue weighted by Crippen LogP contribution is -2.46. The van der Waals surface area contributed by atoms with E-state index in [0.717, 1.165) is 6.26 Å². The molecule has 0 bridgehead atoms. The van der Waals surface area contributed by atoms with Gasteiger partial charge in [-0.2, -0.15) is 0 Å². The van der Waals surface area contributed by atoms with E-state index in [9.17, 15) is 17.6 Å². The van der Waals surface area contributed by atoms with Gasteiger partial charge < -0.3 is 4.74 Å². The van der Waals surface area contributed by atoms with Crippen molar-refractivity contribution < 1.29 is 22.3 Å². The molecule has 0 fully saturated rings. The fourth-order valence-corrected chi connectivity index (χ4v) is 3.53. The first-order chi connectivity index (χ1) is 12.2. The SMILES string of the molecule is C[C@]1([C@H](NS(C)(=O)=O)c2ccc(F)cc2)N=C(c2ccccc2)OC1=O. The number of hydrogen-bond acceptors (Lipinski definition) is 5. The second kappa shape index (κ2) is 6.62. The van der Waals surface area contributed by atoms with E-state index in [2.05, 4.69) is 9.71 Å². The van der Waals surface area contributed by atoms with Crippen molar-refractivity contribution in [3.63, 3.8) is 0 Å². The van der Waals surface area contributed by atoms with E-state index >= 15 is 0 Å². The first kappa shape index (κ1) is 18.2. The van der Waals surface area contributed by atoms with E-state index in [1.54, 1.807) is 24.3 Å². The summed E-state index contributed by atoms with van der Waals surface area (Å²) in [5.74, 6) is -1.05. The van der Waals surface area contributed by atoms with Crippen LogP contribution in [-0.2, 0) is 19.6 Å². The van der Waals surface area contributed by atoms with Crippen LogP contribution in [-0.4, -0.2) is 32.1 Å². The number of aliphatic imine (C=N–C) groups is 1. The molecule has 136 valence electrons. The highest BCUT2D eigenvalue weighted by Crippen LogP contribution is 2.36. The maximum Gasteiger partial charge on any atom is 0.342 e. The number of carbonyl (C=O) groups excluding carboxylic acids is 1. The van der Waals surface area contributed by atoms with Gasteiger partial charge in [-0.3, -0.25) is 0 Å². The van der Waals surface area contributed by atoms with Gasteiger partial charge in [-0.25, -0.2) is 27.3 Å². The summed E-state index contributed by atoms with van der Waals surface area (Å²) in [6, 6.07) is 13.0. The lowest BCUT2D eigenvalue weighted by atomic mass is 9.88. The quantitative estimate of drug-likeness (QED) is 0.811. The molecule has 1 aliphatic heterocycles. The Labute approximate surface area is 150 Å². The number of halogens is 1. The number of benzene rings is 2. The van der Waals surface area contributed by atoms with Crippen LogP contribution in [0.2, 0.25) is 0 Å². The van der Waals surface area contributed by atoms with Gasteiger partial charge in [-0.05, 0) is 36.8 Å². The lowest BCUT2D eigenvalue weighted by Gasteiger charge is -2.28. The Hall–Kier alpha value is -2.58. The molecule has 1 aliphatic rings. The molecule has 0 radical (unpaired) electrons. The molecule has 0 spiro atoms. The Balaban J connectivity index is 2.08. The minimum Gasteiger partial charge on any atom is -0.405 e. The normalized spacial score (nSPS) is 21.2. The van der Waals surface area contributed by atoms with Gasteiger partial charge in [0.1, 0.15) is 5.82 Å². The van der Waals surface area contributed by atoms with Crippen LogP contribution < -0.4 is 4.72 Å². The highest BCUT2D eigenvalue weighted by atomic mass is 32.2. The van der Waals surface area contributed by atoms with Crippen LogP contribution in [0.25, 0.3) is 0 Å². The van der Waals surface area contributed by atoms with Crippen molar-refractivity contribution in [2.24, 2.45) is 4.99 Å². The molecular formula is C18H17FN2O4S. The van der Waals surface area contributed by atoms with Gasteiger partial charge in [0.2, 0.25) is 15.9 Å². The van der Waals surface area contributed by atoms with E-state index in [-0.39, 0.29) is 5.90 Å². The fraction of sp³-hybridized carbons (Fsp3) is 0.222. The fourth-order valence-electron chi connectivity index (χ4n) is 2.73. The summed E-state index contributed by atoms with van der Waals surface area (Å²) in [5, 5.41) is 0. The zero-order chi connectivity index (χ0) is 18.9. The van der Waals surface area contributed by atoms with E-state index in [1.807, 2.05) is 6.07 Å². The molecule has 0 aromatic heterocycles. The molecule has 2 aromatic carbocycles. The molecule has 0 saturated heterocycles. The van der Waals surface area contributed by atoms with Gasteiger partial charge in [-0.1, -0.05) is 30.3 Å².